The molecular weight excluding hydrogens is 697 g/mol. The molecule has 2 aliphatic heterocycles. The van der Waals surface area contributed by atoms with Crippen LogP contribution >= 0.6 is 0 Å². The Morgan fingerprint density at radius 3 is 1.64 bits per heavy atom. The SMILES string of the molecule is CC(C)[C@H](Nc1cncnc1)C(=O)N1CCC[C@H]1c1ncc(-c2ccc(-c3ccc(-c4cnc([C@@H]5CCCN5C(=O)[C@@H](OC(N)=O)C(C)C)[nH]4)cc3)cc2)[nH]1. The van der Waals surface area contributed by atoms with Gasteiger partial charge in [-0.3, -0.25) is 9.59 Å². The minimum atomic E-state index is -0.957. The zero-order chi connectivity index (χ0) is 38.6. The monoisotopic (exact) mass is 744 g/mol. The van der Waals surface area contributed by atoms with E-state index in [0.29, 0.717) is 18.9 Å². The topological polar surface area (TPSA) is 188 Å². The second kappa shape index (κ2) is 16.1. The van der Waals surface area contributed by atoms with E-state index in [2.05, 4.69) is 78.8 Å². The number of likely N-dealkylation sites (tertiary alicyclic amines) is 2. The molecule has 2 aromatic carbocycles. The number of H-pyrrole nitrogens is 2. The maximum Gasteiger partial charge on any atom is 0.405 e. The van der Waals surface area contributed by atoms with Crippen LogP contribution in [-0.2, 0) is 14.3 Å². The minimum absolute atomic E-state index is 0.0450. The Labute approximate surface area is 320 Å². The van der Waals surface area contributed by atoms with Crippen LogP contribution < -0.4 is 11.1 Å². The second-order valence-corrected chi connectivity index (χ2v) is 15.0. The molecule has 0 unspecified atom stereocenters. The highest BCUT2D eigenvalue weighted by Crippen LogP contribution is 2.35. The number of aromatic nitrogens is 6. The van der Waals surface area contributed by atoms with Gasteiger partial charge in [-0.1, -0.05) is 76.2 Å². The molecule has 14 nitrogen and oxygen atoms in total. The first kappa shape index (κ1) is 37.3. The summed E-state index contributed by atoms with van der Waals surface area (Å²) < 4.78 is 5.18. The van der Waals surface area contributed by atoms with Crippen molar-refractivity contribution in [3.05, 3.63) is 91.3 Å². The van der Waals surface area contributed by atoms with Crippen molar-refractivity contribution in [1.82, 2.24) is 39.7 Å². The molecule has 2 aliphatic rings. The Bertz CT molecular complexity index is 2100. The Balaban J connectivity index is 1.00. The molecule has 3 aromatic heterocycles. The summed E-state index contributed by atoms with van der Waals surface area (Å²) >= 11 is 0. The molecule has 7 rings (SSSR count). The largest absolute Gasteiger partial charge is 0.436 e. The van der Waals surface area contributed by atoms with Crippen LogP contribution in [0.3, 0.4) is 0 Å². The molecule has 0 radical (unpaired) electrons. The molecule has 2 saturated heterocycles. The Hall–Kier alpha value is -6.05. The van der Waals surface area contributed by atoms with Crippen molar-refractivity contribution < 1.29 is 19.1 Å². The van der Waals surface area contributed by atoms with Crippen LogP contribution in [-0.4, -0.2) is 82.8 Å². The van der Waals surface area contributed by atoms with Crippen molar-refractivity contribution in [3.63, 3.8) is 0 Å². The summed E-state index contributed by atoms with van der Waals surface area (Å²) in [4.78, 5) is 66.8. The summed E-state index contributed by atoms with van der Waals surface area (Å²) in [5.74, 6) is 1.13. The van der Waals surface area contributed by atoms with E-state index in [-0.39, 0.29) is 35.7 Å². The summed E-state index contributed by atoms with van der Waals surface area (Å²) in [7, 11) is 0. The van der Waals surface area contributed by atoms with Crippen LogP contribution in [0.1, 0.15) is 77.1 Å². The molecule has 286 valence electrons. The van der Waals surface area contributed by atoms with Gasteiger partial charge in [-0.05, 0) is 59.8 Å². The lowest BCUT2D eigenvalue weighted by Gasteiger charge is -2.30. The van der Waals surface area contributed by atoms with Crippen molar-refractivity contribution in [2.75, 3.05) is 18.4 Å². The van der Waals surface area contributed by atoms with Gasteiger partial charge in [0.2, 0.25) is 5.91 Å². The minimum Gasteiger partial charge on any atom is -0.436 e. The molecule has 0 aliphatic carbocycles. The fourth-order valence-electron chi connectivity index (χ4n) is 7.62. The highest BCUT2D eigenvalue weighted by Gasteiger charge is 2.39. The molecule has 5 aromatic rings. The first-order valence-corrected chi connectivity index (χ1v) is 19.0. The van der Waals surface area contributed by atoms with E-state index in [1.165, 1.54) is 6.33 Å². The van der Waals surface area contributed by atoms with Gasteiger partial charge in [-0.15, -0.1) is 0 Å². The molecule has 14 heteroatoms. The van der Waals surface area contributed by atoms with Crippen molar-refractivity contribution in [2.24, 2.45) is 17.6 Å². The van der Waals surface area contributed by atoms with Gasteiger partial charge >= 0.3 is 6.09 Å². The van der Waals surface area contributed by atoms with Gasteiger partial charge in [0, 0.05) is 13.1 Å². The summed E-state index contributed by atoms with van der Waals surface area (Å²) in [6.07, 6.45) is 9.92. The number of hydrogen-bond donors (Lipinski definition) is 4. The Morgan fingerprint density at radius 1 is 0.709 bits per heavy atom. The number of carbonyl (C=O) groups is 3. The summed E-state index contributed by atoms with van der Waals surface area (Å²) in [5.41, 5.74) is 11.8. The number of primary amides is 1. The fraction of sp³-hybridized carbons (Fsp3) is 0.390. The number of anilines is 1. The van der Waals surface area contributed by atoms with Crippen LogP contribution in [0.25, 0.3) is 33.6 Å². The lowest BCUT2D eigenvalue weighted by atomic mass is 10.0. The number of nitrogens with two attached hydrogens (primary N) is 1. The zero-order valence-electron chi connectivity index (χ0n) is 31.6. The van der Waals surface area contributed by atoms with Gasteiger partial charge in [-0.2, -0.15) is 0 Å². The third-order valence-corrected chi connectivity index (χ3v) is 10.5. The van der Waals surface area contributed by atoms with E-state index < -0.39 is 18.2 Å². The van der Waals surface area contributed by atoms with E-state index in [9.17, 15) is 14.4 Å². The zero-order valence-corrected chi connectivity index (χ0v) is 31.6. The molecule has 55 heavy (non-hydrogen) atoms. The lowest BCUT2D eigenvalue weighted by molar-refractivity contribution is -0.143. The highest BCUT2D eigenvalue weighted by molar-refractivity contribution is 5.86. The van der Waals surface area contributed by atoms with Crippen molar-refractivity contribution in [3.8, 4) is 33.6 Å². The van der Waals surface area contributed by atoms with Crippen molar-refractivity contribution in [1.29, 1.82) is 0 Å². The second-order valence-electron chi connectivity index (χ2n) is 15.0. The third-order valence-electron chi connectivity index (χ3n) is 10.5. The fourth-order valence-corrected chi connectivity index (χ4v) is 7.62. The highest BCUT2D eigenvalue weighted by atomic mass is 16.6. The number of nitrogens with zero attached hydrogens (tertiary/aromatic N) is 6. The molecule has 2 fully saturated rings. The Morgan fingerprint density at radius 2 is 1.18 bits per heavy atom. The summed E-state index contributed by atoms with van der Waals surface area (Å²) in [6.45, 7) is 8.97. The van der Waals surface area contributed by atoms with Crippen molar-refractivity contribution >= 4 is 23.6 Å². The quantitative estimate of drug-likeness (QED) is 0.110. The molecule has 0 bridgehead atoms. The normalized spacial score (nSPS) is 18.1. The standard InChI is InChI=1S/C41H48N10O4/c1-24(2)35(47-30-19-43-23-44-20-30)39(52)50-17-5-7-33(50)37-45-21-31(48-37)28-13-9-26(10-14-28)27-11-15-29(16-12-27)32-22-46-38(49-32)34-8-6-18-51(34)40(53)36(25(3)4)55-41(42)54/h9-16,19-25,33-36,47H,5-8,17-18H2,1-4H3,(H2,42,54)(H,45,48)(H,46,49)/t33-,34-,35-,36-/m0/s1. The molecular formula is C41H48N10O4. The number of carbonyl (C=O) groups excluding carboxylic acids is 3. The third kappa shape index (κ3) is 8.08. The number of nitrogens with one attached hydrogen (secondary N) is 3. The van der Waals surface area contributed by atoms with Gasteiger partial charge in [0.25, 0.3) is 5.91 Å². The van der Waals surface area contributed by atoms with Gasteiger partial charge < -0.3 is 35.6 Å². The van der Waals surface area contributed by atoms with Crippen molar-refractivity contribution in [2.45, 2.75) is 77.6 Å². The number of ether oxygens (including phenoxy) is 1. The average molecular weight is 745 g/mol. The van der Waals surface area contributed by atoms with Gasteiger partial charge in [0.05, 0.1) is 53.9 Å². The van der Waals surface area contributed by atoms with Crippen LogP contribution in [0.4, 0.5) is 10.5 Å². The van der Waals surface area contributed by atoms with E-state index >= 15 is 0 Å². The summed E-state index contributed by atoms with van der Waals surface area (Å²) in [6, 6.07) is 15.8. The smallest absolute Gasteiger partial charge is 0.405 e. The van der Waals surface area contributed by atoms with Crippen LogP contribution in [0.5, 0.6) is 0 Å². The predicted octanol–water partition coefficient (Wildman–Crippen LogP) is 6.51. The van der Waals surface area contributed by atoms with E-state index in [1.807, 2.05) is 38.8 Å². The van der Waals surface area contributed by atoms with E-state index in [4.69, 9.17) is 15.5 Å². The number of amides is 3. The predicted molar refractivity (Wildman–Crippen MR) is 208 cm³/mol. The molecule has 3 amide bonds. The molecule has 4 atom stereocenters. The van der Waals surface area contributed by atoms with Gasteiger partial charge in [0.15, 0.2) is 6.10 Å². The maximum absolute atomic E-state index is 13.8. The number of aromatic amines is 2. The number of imidazole rings is 2. The molecule has 0 saturated carbocycles. The lowest BCUT2D eigenvalue weighted by Crippen LogP contribution is -2.45. The van der Waals surface area contributed by atoms with E-state index in [1.54, 1.807) is 23.5 Å². The molecule has 0 spiro atoms. The average Bonchev–Trinajstić information content (AvgIpc) is 4.02. The van der Waals surface area contributed by atoms with E-state index in [0.717, 1.165) is 70.8 Å². The van der Waals surface area contributed by atoms with Gasteiger partial charge in [0.1, 0.15) is 24.0 Å². The maximum atomic E-state index is 13.8. The van der Waals surface area contributed by atoms with Crippen LogP contribution in [0.2, 0.25) is 0 Å². The number of rotatable bonds is 12. The van der Waals surface area contributed by atoms with Gasteiger partial charge in [-0.25, -0.2) is 24.7 Å². The first-order chi connectivity index (χ1) is 26.6. The van der Waals surface area contributed by atoms with Crippen LogP contribution in [0.15, 0.2) is 79.6 Å². The number of hydrogen-bond acceptors (Lipinski definition) is 9. The number of benzene rings is 2. The Kier molecular flexibility index (Phi) is 10.9. The summed E-state index contributed by atoms with van der Waals surface area (Å²) in [5, 5.41) is 3.34. The first-order valence-electron chi connectivity index (χ1n) is 19.0. The van der Waals surface area contributed by atoms with Crippen LogP contribution in [0, 0.1) is 11.8 Å². The molecule has 5 N–H and O–H groups in total. The molecule has 5 heterocycles.